The second kappa shape index (κ2) is 5.47. The first-order chi connectivity index (χ1) is 9.76. The van der Waals surface area contributed by atoms with E-state index in [0.717, 1.165) is 30.0 Å². The van der Waals surface area contributed by atoms with Crippen LogP contribution >= 0.6 is 0 Å². The first-order valence-electron chi connectivity index (χ1n) is 7.01. The topological polar surface area (TPSA) is 29.3 Å². The Balaban J connectivity index is 1.95. The maximum absolute atomic E-state index is 4.72. The average Bonchev–Trinajstić information content (AvgIpc) is 2.89. The Hall–Kier alpha value is -2.13. The van der Waals surface area contributed by atoms with E-state index in [9.17, 15) is 0 Å². The molecule has 0 radical (unpaired) electrons. The minimum Gasteiger partial charge on any atom is -0.313 e. The summed E-state index contributed by atoms with van der Waals surface area (Å²) in [5, 5.41) is 3.34. The highest BCUT2D eigenvalue weighted by atomic mass is 15.0. The monoisotopic (exact) mass is 265 g/mol. The molecule has 0 unspecified atom stereocenters. The normalized spacial score (nSPS) is 11.1. The number of aryl methyl sites for hydroxylation is 1. The fourth-order valence-corrected chi connectivity index (χ4v) is 2.27. The molecule has 0 atom stereocenters. The maximum atomic E-state index is 4.72. The van der Waals surface area contributed by atoms with Gasteiger partial charge in [0.1, 0.15) is 5.65 Å². The van der Waals surface area contributed by atoms with Crippen LogP contribution in [-0.4, -0.2) is 15.9 Å². The fourth-order valence-electron chi connectivity index (χ4n) is 2.27. The molecule has 0 saturated heterocycles. The van der Waals surface area contributed by atoms with Gasteiger partial charge in [0.2, 0.25) is 0 Å². The zero-order valence-corrected chi connectivity index (χ0v) is 11.9. The number of nitrogens with zero attached hydrogens (tertiary/aromatic N) is 2. The molecule has 3 nitrogen and oxygen atoms in total. The van der Waals surface area contributed by atoms with Gasteiger partial charge in [-0.05, 0) is 31.2 Å². The summed E-state index contributed by atoms with van der Waals surface area (Å²) < 4.78 is 2.07. The second-order valence-corrected chi connectivity index (χ2v) is 5.07. The number of rotatable bonds is 4. The number of hydrogen-bond acceptors (Lipinski definition) is 2. The van der Waals surface area contributed by atoms with Crippen molar-refractivity contribution in [3.8, 4) is 11.3 Å². The standard InChI is InChI=1S/C17H19N3/c1-3-18-11-14-8-9-20-12-16(19-17(20)10-14)15-6-4-13(2)5-7-15/h4-10,12,18H,3,11H2,1-2H3. The minimum atomic E-state index is 0.889. The molecule has 0 aliphatic carbocycles. The SMILES string of the molecule is CCNCc1ccn2cc(-c3ccc(C)cc3)nc2c1. The number of nitrogens with one attached hydrogen (secondary N) is 1. The van der Waals surface area contributed by atoms with E-state index in [2.05, 4.69) is 72.4 Å². The van der Waals surface area contributed by atoms with E-state index >= 15 is 0 Å². The summed E-state index contributed by atoms with van der Waals surface area (Å²) in [6, 6.07) is 12.8. The molecule has 3 aromatic rings. The van der Waals surface area contributed by atoms with Crippen molar-refractivity contribution in [3.63, 3.8) is 0 Å². The number of aromatic nitrogens is 2. The summed E-state index contributed by atoms with van der Waals surface area (Å²) in [6.07, 6.45) is 4.16. The molecule has 2 heterocycles. The van der Waals surface area contributed by atoms with Gasteiger partial charge in [0, 0.05) is 24.5 Å². The van der Waals surface area contributed by atoms with Gasteiger partial charge in [-0.25, -0.2) is 4.98 Å². The lowest BCUT2D eigenvalue weighted by molar-refractivity contribution is 0.726. The highest BCUT2D eigenvalue weighted by Gasteiger charge is 2.04. The summed E-state index contributed by atoms with van der Waals surface area (Å²) in [7, 11) is 0. The Bertz CT molecular complexity index is 711. The molecule has 0 bridgehead atoms. The zero-order valence-electron chi connectivity index (χ0n) is 11.9. The third kappa shape index (κ3) is 2.58. The zero-order chi connectivity index (χ0) is 13.9. The van der Waals surface area contributed by atoms with Gasteiger partial charge >= 0.3 is 0 Å². The minimum absolute atomic E-state index is 0.889. The van der Waals surface area contributed by atoms with Gasteiger partial charge in [-0.1, -0.05) is 36.8 Å². The number of pyridine rings is 1. The summed E-state index contributed by atoms with van der Waals surface area (Å²) in [5.74, 6) is 0. The van der Waals surface area contributed by atoms with Crippen molar-refractivity contribution in [1.82, 2.24) is 14.7 Å². The predicted octanol–water partition coefficient (Wildman–Crippen LogP) is 3.42. The van der Waals surface area contributed by atoms with Crippen molar-refractivity contribution in [2.24, 2.45) is 0 Å². The lowest BCUT2D eigenvalue weighted by Gasteiger charge is -2.01. The molecule has 0 aliphatic heterocycles. The molecule has 1 aromatic carbocycles. The van der Waals surface area contributed by atoms with E-state index in [1.165, 1.54) is 11.1 Å². The average molecular weight is 265 g/mol. The van der Waals surface area contributed by atoms with Crippen LogP contribution in [0.15, 0.2) is 48.8 Å². The molecule has 1 N–H and O–H groups in total. The Morgan fingerprint density at radius 2 is 1.95 bits per heavy atom. The van der Waals surface area contributed by atoms with Crippen molar-refractivity contribution in [2.45, 2.75) is 20.4 Å². The third-order valence-corrected chi connectivity index (χ3v) is 3.45. The van der Waals surface area contributed by atoms with Crippen LogP contribution in [0.3, 0.4) is 0 Å². The quantitative estimate of drug-likeness (QED) is 0.783. The van der Waals surface area contributed by atoms with Crippen molar-refractivity contribution < 1.29 is 0 Å². The van der Waals surface area contributed by atoms with Gasteiger partial charge in [0.15, 0.2) is 0 Å². The largest absolute Gasteiger partial charge is 0.313 e. The third-order valence-electron chi connectivity index (χ3n) is 3.45. The van der Waals surface area contributed by atoms with E-state index in [1.54, 1.807) is 0 Å². The molecule has 102 valence electrons. The van der Waals surface area contributed by atoms with E-state index in [4.69, 9.17) is 4.98 Å². The lowest BCUT2D eigenvalue weighted by Crippen LogP contribution is -2.11. The smallest absolute Gasteiger partial charge is 0.137 e. The molecule has 0 spiro atoms. The molecular weight excluding hydrogens is 246 g/mol. The summed E-state index contributed by atoms with van der Waals surface area (Å²) in [6.45, 7) is 6.08. The van der Waals surface area contributed by atoms with E-state index in [-0.39, 0.29) is 0 Å². The Kier molecular flexibility index (Phi) is 3.52. The van der Waals surface area contributed by atoms with Crippen LogP contribution in [0.2, 0.25) is 0 Å². The van der Waals surface area contributed by atoms with Crippen LogP contribution in [0.4, 0.5) is 0 Å². The van der Waals surface area contributed by atoms with Crippen molar-refractivity contribution >= 4 is 5.65 Å². The highest BCUT2D eigenvalue weighted by Crippen LogP contribution is 2.20. The van der Waals surface area contributed by atoms with Crippen LogP contribution < -0.4 is 5.32 Å². The van der Waals surface area contributed by atoms with E-state index < -0.39 is 0 Å². The molecule has 2 aromatic heterocycles. The second-order valence-electron chi connectivity index (χ2n) is 5.07. The van der Waals surface area contributed by atoms with Gasteiger partial charge in [-0.3, -0.25) is 0 Å². The molecule has 0 amide bonds. The van der Waals surface area contributed by atoms with Gasteiger partial charge in [0.25, 0.3) is 0 Å². The van der Waals surface area contributed by atoms with Gasteiger partial charge < -0.3 is 9.72 Å². The number of imidazole rings is 1. The highest BCUT2D eigenvalue weighted by molar-refractivity contribution is 5.63. The fraction of sp³-hybridized carbons (Fsp3) is 0.235. The van der Waals surface area contributed by atoms with Gasteiger partial charge in [-0.2, -0.15) is 0 Å². The number of benzene rings is 1. The van der Waals surface area contributed by atoms with Crippen LogP contribution in [0.25, 0.3) is 16.9 Å². The van der Waals surface area contributed by atoms with Crippen molar-refractivity contribution in [1.29, 1.82) is 0 Å². The number of fused-ring (bicyclic) bond motifs is 1. The molecule has 20 heavy (non-hydrogen) atoms. The molecule has 0 fully saturated rings. The summed E-state index contributed by atoms with van der Waals surface area (Å²) >= 11 is 0. The van der Waals surface area contributed by atoms with Crippen molar-refractivity contribution in [3.05, 3.63) is 59.9 Å². The van der Waals surface area contributed by atoms with Crippen LogP contribution in [0.5, 0.6) is 0 Å². The summed E-state index contributed by atoms with van der Waals surface area (Å²) in [4.78, 5) is 4.72. The first kappa shape index (κ1) is 12.9. The van der Waals surface area contributed by atoms with E-state index in [1.807, 2.05) is 0 Å². The van der Waals surface area contributed by atoms with Gasteiger partial charge in [-0.15, -0.1) is 0 Å². The molecule has 3 rings (SSSR count). The van der Waals surface area contributed by atoms with Crippen LogP contribution in [0.1, 0.15) is 18.1 Å². The molecule has 3 heteroatoms. The summed E-state index contributed by atoms with van der Waals surface area (Å²) in [5.41, 5.74) is 5.71. The van der Waals surface area contributed by atoms with Gasteiger partial charge in [0.05, 0.1) is 5.69 Å². The Labute approximate surface area is 119 Å². The van der Waals surface area contributed by atoms with E-state index in [0.29, 0.717) is 0 Å². The molecular formula is C17H19N3. The first-order valence-corrected chi connectivity index (χ1v) is 7.01. The molecule has 0 saturated carbocycles. The van der Waals surface area contributed by atoms with Crippen LogP contribution in [0, 0.1) is 6.92 Å². The Morgan fingerprint density at radius 3 is 2.70 bits per heavy atom. The Morgan fingerprint density at radius 1 is 1.15 bits per heavy atom. The van der Waals surface area contributed by atoms with Crippen LogP contribution in [-0.2, 0) is 6.54 Å². The predicted molar refractivity (Wildman–Crippen MR) is 82.7 cm³/mol. The number of hydrogen-bond donors (Lipinski definition) is 1. The maximum Gasteiger partial charge on any atom is 0.137 e. The molecule has 0 aliphatic rings. The van der Waals surface area contributed by atoms with Crippen molar-refractivity contribution in [2.75, 3.05) is 6.54 Å². The lowest BCUT2D eigenvalue weighted by atomic mass is 10.1.